The second kappa shape index (κ2) is 12.5. The van der Waals surface area contributed by atoms with Crippen molar-refractivity contribution in [1.29, 1.82) is 0 Å². The van der Waals surface area contributed by atoms with Gasteiger partial charge in [-0.15, -0.1) is 11.8 Å². The van der Waals surface area contributed by atoms with Gasteiger partial charge in [0.1, 0.15) is 11.8 Å². The first-order valence-electron chi connectivity index (χ1n) is 11.1. The zero-order chi connectivity index (χ0) is 23.8. The third kappa shape index (κ3) is 7.29. The molecule has 0 radical (unpaired) electrons. The second-order valence-electron chi connectivity index (χ2n) is 8.23. The summed E-state index contributed by atoms with van der Waals surface area (Å²) in [5.41, 5.74) is 1.75. The Morgan fingerprint density at radius 1 is 1.12 bits per heavy atom. The number of rotatable bonds is 10. The van der Waals surface area contributed by atoms with E-state index < -0.39 is 6.04 Å². The number of hydrogen-bond acceptors (Lipinski definition) is 4. The summed E-state index contributed by atoms with van der Waals surface area (Å²) in [6, 6.07) is 12.6. The van der Waals surface area contributed by atoms with Gasteiger partial charge in [0.05, 0.1) is 12.9 Å². The van der Waals surface area contributed by atoms with Crippen LogP contribution in [-0.4, -0.2) is 41.7 Å². The number of carbonyl (C=O) groups is 2. The van der Waals surface area contributed by atoms with Crippen LogP contribution in [0, 0.1) is 0 Å². The number of nitrogens with zero attached hydrogens (tertiary/aromatic N) is 1. The minimum absolute atomic E-state index is 0.126. The van der Waals surface area contributed by atoms with Crippen LogP contribution in [0.4, 0.5) is 0 Å². The summed E-state index contributed by atoms with van der Waals surface area (Å²) >= 11 is 14.2. The molecule has 3 rings (SSSR count). The summed E-state index contributed by atoms with van der Waals surface area (Å²) in [6.07, 6.45) is 4.22. The zero-order valence-electron chi connectivity index (χ0n) is 19.0. The number of nitrogens with one attached hydrogen (secondary N) is 1. The van der Waals surface area contributed by atoms with Gasteiger partial charge in [-0.2, -0.15) is 0 Å². The maximum atomic E-state index is 13.3. The van der Waals surface area contributed by atoms with Crippen molar-refractivity contribution in [2.75, 3.05) is 12.9 Å². The Kier molecular flexibility index (Phi) is 9.78. The van der Waals surface area contributed by atoms with Crippen molar-refractivity contribution in [3.8, 4) is 5.75 Å². The van der Waals surface area contributed by atoms with E-state index in [1.54, 1.807) is 37.1 Å². The maximum Gasteiger partial charge on any atom is 0.242 e. The van der Waals surface area contributed by atoms with Crippen molar-refractivity contribution in [1.82, 2.24) is 10.2 Å². The molecule has 178 valence electrons. The SMILES string of the molecule is COc1ccc(CSCC(=O)N(Cc2c(Cl)cccc2Cl)[C@@H](C)C(=O)NC2CCCC2)cc1. The fourth-order valence-electron chi connectivity index (χ4n) is 3.89. The van der Waals surface area contributed by atoms with Crippen LogP contribution in [0.25, 0.3) is 0 Å². The van der Waals surface area contributed by atoms with E-state index in [-0.39, 0.29) is 30.2 Å². The lowest BCUT2D eigenvalue weighted by molar-refractivity contribution is -0.138. The second-order valence-corrected chi connectivity index (χ2v) is 10.0. The molecule has 1 N–H and O–H groups in total. The normalized spacial score (nSPS) is 14.7. The molecule has 5 nitrogen and oxygen atoms in total. The highest BCUT2D eigenvalue weighted by atomic mass is 35.5. The van der Waals surface area contributed by atoms with Crippen LogP contribution in [0.15, 0.2) is 42.5 Å². The smallest absolute Gasteiger partial charge is 0.242 e. The molecule has 8 heteroatoms. The number of benzene rings is 2. The number of thioether (sulfide) groups is 1. The van der Waals surface area contributed by atoms with Crippen molar-refractivity contribution >= 4 is 46.8 Å². The lowest BCUT2D eigenvalue weighted by atomic mass is 10.1. The van der Waals surface area contributed by atoms with Gasteiger partial charge < -0.3 is 15.0 Å². The first-order chi connectivity index (χ1) is 15.9. The molecule has 1 saturated carbocycles. The molecule has 0 unspecified atom stereocenters. The number of ether oxygens (including phenoxy) is 1. The summed E-state index contributed by atoms with van der Waals surface area (Å²) in [5, 5.41) is 4.07. The number of carbonyl (C=O) groups excluding carboxylic acids is 2. The van der Waals surface area contributed by atoms with Crippen molar-refractivity contribution in [2.45, 2.75) is 57.0 Å². The molecule has 1 aliphatic rings. The largest absolute Gasteiger partial charge is 0.497 e. The Morgan fingerprint density at radius 2 is 1.76 bits per heavy atom. The van der Waals surface area contributed by atoms with Crippen LogP contribution in [-0.2, 0) is 21.9 Å². The third-order valence-electron chi connectivity index (χ3n) is 5.91. The van der Waals surface area contributed by atoms with Crippen LogP contribution in [0.2, 0.25) is 10.0 Å². The Balaban J connectivity index is 1.68. The molecule has 0 saturated heterocycles. The molecule has 33 heavy (non-hydrogen) atoms. The molecule has 1 atom stereocenters. The van der Waals surface area contributed by atoms with Crippen LogP contribution >= 0.6 is 35.0 Å². The van der Waals surface area contributed by atoms with Gasteiger partial charge in [-0.1, -0.05) is 54.2 Å². The van der Waals surface area contributed by atoms with Gasteiger partial charge in [0.15, 0.2) is 0 Å². The molecule has 0 aromatic heterocycles. The number of hydrogen-bond donors (Lipinski definition) is 1. The molecule has 2 amide bonds. The highest BCUT2D eigenvalue weighted by Gasteiger charge is 2.29. The quantitative estimate of drug-likeness (QED) is 0.446. The predicted molar refractivity (Wildman–Crippen MR) is 136 cm³/mol. The van der Waals surface area contributed by atoms with E-state index in [0.29, 0.717) is 21.4 Å². The van der Waals surface area contributed by atoms with Crippen molar-refractivity contribution in [2.24, 2.45) is 0 Å². The van der Waals surface area contributed by atoms with E-state index in [4.69, 9.17) is 27.9 Å². The standard InChI is InChI=1S/C25H30Cl2N2O3S/c1-17(25(31)28-19-6-3-4-7-19)29(14-21-22(26)8-5-9-23(21)27)24(30)16-33-15-18-10-12-20(32-2)13-11-18/h5,8-13,17,19H,3-4,6-7,14-16H2,1-2H3,(H,28,31)/t17-/m0/s1. The first-order valence-corrected chi connectivity index (χ1v) is 13.0. The lowest BCUT2D eigenvalue weighted by Crippen LogP contribution is -2.50. The van der Waals surface area contributed by atoms with Crippen LogP contribution in [0.3, 0.4) is 0 Å². The molecule has 0 heterocycles. The van der Waals surface area contributed by atoms with E-state index in [0.717, 1.165) is 37.0 Å². The Hall–Kier alpha value is -1.89. The monoisotopic (exact) mass is 508 g/mol. The molecule has 2 aromatic carbocycles. The molecular weight excluding hydrogens is 479 g/mol. The average molecular weight is 509 g/mol. The Bertz CT molecular complexity index is 929. The minimum Gasteiger partial charge on any atom is -0.497 e. The topological polar surface area (TPSA) is 58.6 Å². The zero-order valence-corrected chi connectivity index (χ0v) is 21.3. The maximum absolute atomic E-state index is 13.3. The molecule has 0 bridgehead atoms. The molecule has 0 spiro atoms. The Labute approximate surface area is 210 Å². The van der Waals surface area contributed by atoms with E-state index in [2.05, 4.69) is 5.32 Å². The van der Waals surface area contributed by atoms with E-state index in [1.165, 1.54) is 11.8 Å². The molecule has 1 fully saturated rings. The van der Waals surface area contributed by atoms with Gasteiger partial charge in [0.2, 0.25) is 11.8 Å². The van der Waals surface area contributed by atoms with E-state index in [1.807, 2.05) is 24.3 Å². The summed E-state index contributed by atoms with van der Waals surface area (Å²) < 4.78 is 5.19. The van der Waals surface area contributed by atoms with Gasteiger partial charge in [0.25, 0.3) is 0 Å². The fourth-order valence-corrected chi connectivity index (χ4v) is 5.28. The van der Waals surface area contributed by atoms with Crippen molar-refractivity contribution in [3.05, 3.63) is 63.6 Å². The van der Waals surface area contributed by atoms with Gasteiger partial charge in [-0.3, -0.25) is 9.59 Å². The number of amides is 2. The van der Waals surface area contributed by atoms with Gasteiger partial charge in [-0.25, -0.2) is 0 Å². The summed E-state index contributed by atoms with van der Waals surface area (Å²) in [7, 11) is 1.63. The van der Waals surface area contributed by atoms with Crippen LogP contribution in [0.1, 0.15) is 43.7 Å². The molecular formula is C25H30Cl2N2O3S. The van der Waals surface area contributed by atoms with Crippen LogP contribution in [0.5, 0.6) is 5.75 Å². The lowest BCUT2D eigenvalue weighted by Gasteiger charge is -2.30. The summed E-state index contributed by atoms with van der Waals surface area (Å²) in [5.74, 6) is 1.45. The highest BCUT2D eigenvalue weighted by Crippen LogP contribution is 2.27. The number of methoxy groups -OCH3 is 1. The van der Waals surface area contributed by atoms with Gasteiger partial charge in [-0.05, 0) is 49.6 Å². The Morgan fingerprint density at radius 3 is 2.36 bits per heavy atom. The number of halogens is 2. The van der Waals surface area contributed by atoms with Gasteiger partial charge >= 0.3 is 0 Å². The van der Waals surface area contributed by atoms with Gasteiger partial charge in [0, 0.05) is 33.9 Å². The average Bonchev–Trinajstić information content (AvgIpc) is 3.32. The van der Waals surface area contributed by atoms with Crippen molar-refractivity contribution in [3.63, 3.8) is 0 Å². The predicted octanol–water partition coefficient (Wildman–Crippen LogP) is 5.71. The van der Waals surface area contributed by atoms with E-state index in [9.17, 15) is 9.59 Å². The first kappa shape index (κ1) is 25.7. The molecule has 0 aliphatic heterocycles. The van der Waals surface area contributed by atoms with Crippen molar-refractivity contribution < 1.29 is 14.3 Å². The highest BCUT2D eigenvalue weighted by molar-refractivity contribution is 7.99. The minimum atomic E-state index is -0.632. The molecule has 1 aliphatic carbocycles. The summed E-state index contributed by atoms with van der Waals surface area (Å²) in [4.78, 5) is 27.8. The summed E-state index contributed by atoms with van der Waals surface area (Å²) in [6.45, 7) is 1.95. The molecule has 2 aromatic rings. The fraction of sp³-hybridized carbons (Fsp3) is 0.440. The van der Waals surface area contributed by atoms with Crippen LogP contribution < -0.4 is 10.1 Å². The third-order valence-corrected chi connectivity index (χ3v) is 7.61. The van der Waals surface area contributed by atoms with E-state index >= 15 is 0 Å².